The molecule has 0 aromatic rings. The second kappa shape index (κ2) is 8.14. The van der Waals surface area contributed by atoms with Crippen LogP contribution < -0.4 is 5.32 Å². The average Bonchev–Trinajstić information content (AvgIpc) is 2.77. The van der Waals surface area contributed by atoms with Gasteiger partial charge in [0.15, 0.2) is 0 Å². The zero-order chi connectivity index (χ0) is 17.6. The lowest BCUT2D eigenvalue weighted by Gasteiger charge is -2.25. The van der Waals surface area contributed by atoms with Gasteiger partial charge in [-0.3, -0.25) is 4.79 Å². The van der Waals surface area contributed by atoms with Gasteiger partial charge in [-0.25, -0.2) is 9.59 Å². The Kier molecular flexibility index (Phi) is 6.80. The van der Waals surface area contributed by atoms with Gasteiger partial charge in [0.05, 0.1) is 0 Å². The van der Waals surface area contributed by atoms with E-state index in [9.17, 15) is 19.5 Å². The average molecular weight is 330 g/mol. The second-order valence-corrected chi connectivity index (χ2v) is 6.72. The van der Waals surface area contributed by atoms with E-state index >= 15 is 0 Å². The summed E-state index contributed by atoms with van der Waals surface area (Å²) in [5.74, 6) is -1.53. The fourth-order valence-electron chi connectivity index (χ4n) is 2.44. The number of aliphatic hydroxyl groups is 1. The molecule has 8 heteroatoms. The molecule has 3 N–H and O–H groups in total. The summed E-state index contributed by atoms with van der Waals surface area (Å²) in [7, 11) is 0. The summed E-state index contributed by atoms with van der Waals surface area (Å²) in [6.45, 7) is 5.65. The molecule has 1 rings (SSSR count). The maximum atomic E-state index is 11.8. The number of rotatable bonds is 7. The van der Waals surface area contributed by atoms with E-state index in [1.165, 1.54) is 4.90 Å². The third-order valence-electron chi connectivity index (χ3n) is 3.48. The van der Waals surface area contributed by atoms with Gasteiger partial charge < -0.3 is 25.2 Å². The Morgan fingerprint density at radius 3 is 2.57 bits per heavy atom. The standard InChI is InChI=1S/C15H26N2O6/c1-15(2,3)23-14(22)16-6-4-5-11(13(20)21)17-8-10(9-18)7-12(17)19/h10-11,18H,4-9H2,1-3H3,(H,16,22)(H,20,21)/t10?,11-/m0/s1. The maximum absolute atomic E-state index is 11.8. The molecule has 2 atom stereocenters. The minimum atomic E-state index is -1.07. The van der Waals surface area contributed by atoms with Crippen molar-refractivity contribution in [3.63, 3.8) is 0 Å². The van der Waals surface area contributed by atoms with Crippen LogP contribution in [0.1, 0.15) is 40.0 Å². The van der Waals surface area contributed by atoms with E-state index < -0.39 is 23.7 Å². The first-order chi connectivity index (χ1) is 10.6. The van der Waals surface area contributed by atoms with E-state index in [1.807, 2.05) is 0 Å². The number of hydrogen-bond acceptors (Lipinski definition) is 5. The van der Waals surface area contributed by atoms with Gasteiger partial charge in [0.25, 0.3) is 0 Å². The molecular formula is C15H26N2O6. The summed E-state index contributed by atoms with van der Waals surface area (Å²) in [5, 5.41) is 21.0. The van der Waals surface area contributed by atoms with E-state index in [-0.39, 0.29) is 44.4 Å². The molecule has 8 nitrogen and oxygen atoms in total. The second-order valence-electron chi connectivity index (χ2n) is 6.72. The molecule has 1 saturated heterocycles. The van der Waals surface area contributed by atoms with Crippen LogP contribution in [0.25, 0.3) is 0 Å². The number of aliphatic hydroxyl groups excluding tert-OH is 1. The van der Waals surface area contributed by atoms with Gasteiger partial charge in [-0.05, 0) is 33.6 Å². The molecule has 1 fully saturated rings. The fraction of sp³-hybridized carbons (Fsp3) is 0.800. The summed E-state index contributed by atoms with van der Waals surface area (Å²) in [6, 6.07) is -0.931. The zero-order valence-corrected chi connectivity index (χ0v) is 13.9. The van der Waals surface area contributed by atoms with Crippen LogP contribution >= 0.6 is 0 Å². The predicted molar refractivity (Wildman–Crippen MR) is 81.8 cm³/mol. The number of carboxylic acids is 1. The normalized spacial score (nSPS) is 19.6. The van der Waals surface area contributed by atoms with Crippen LogP contribution in [0.2, 0.25) is 0 Å². The van der Waals surface area contributed by atoms with Gasteiger partial charge in [0.2, 0.25) is 5.91 Å². The van der Waals surface area contributed by atoms with E-state index in [1.54, 1.807) is 20.8 Å². The lowest BCUT2D eigenvalue weighted by Crippen LogP contribution is -2.43. The number of aliphatic carboxylic acids is 1. The first-order valence-electron chi connectivity index (χ1n) is 7.74. The van der Waals surface area contributed by atoms with Gasteiger partial charge >= 0.3 is 12.1 Å². The van der Waals surface area contributed by atoms with E-state index in [2.05, 4.69) is 5.32 Å². The SMILES string of the molecule is CC(C)(C)OC(=O)NCCC[C@@H](C(=O)O)N1CC(CO)CC1=O. The minimum absolute atomic E-state index is 0.130. The quantitative estimate of drug-likeness (QED) is 0.588. The van der Waals surface area contributed by atoms with E-state index in [0.29, 0.717) is 6.42 Å². The molecular weight excluding hydrogens is 304 g/mol. The fourth-order valence-corrected chi connectivity index (χ4v) is 2.44. The lowest BCUT2D eigenvalue weighted by molar-refractivity contribution is -0.148. The molecule has 1 unspecified atom stereocenters. The molecule has 1 heterocycles. The van der Waals surface area contributed by atoms with Crippen LogP contribution in [0, 0.1) is 5.92 Å². The highest BCUT2D eigenvalue weighted by molar-refractivity contribution is 5.85. The number of nitrogens with one attached hydrogen (secondary N) is 1. The largest absolute Gasteiger partial charge is 0.480 e. The molecule has 0 bridgehead atoms. The summed E-state index contributed by atoms with van der Waals surface area (Å²) < 4.78 is 5.08. The smallest absolute Gasteiger partial charge is 0.407 e. The molecule has 0 aliphatic carbocycles. The van der Waals surface area contributed by atoms with Crippen molar-refractivity contribution < 1.29 is 29.3 Å². The van der Waals surface area contributed by atoms with Crippen LogP contribution in [-0.4, -0.2) is 64.4 Å². The van der Waals surface area contributed by atoms with E-state index in [0.717, 1.165) is 0 Å². The number of carboxylic acid groups (broad SMARTS) is 1. The van der Waals surface area contributed by atoms with Crippen molar-refractivity contribution in [2.45, 2.75) is 51.7 Å². The molecule has 2 amide bonds. The molecule has 0 spiro atoms. The third-order valence-corrected chi connectivity index (χ3v) is 3.48. The van der Waals surface area contributed by atoms with Crippen LogP contribution in [0.3, 0.4) is 0 Å². The highest BCUT2D eigenvalue weighted by atomic mass is 16.6. The zero-order valence-electron chi connectivity index (χ0n) is 13.9. The van der Waals surface area contributed by atoms with Crippen molar-refractivity contribution in [2.75, 3.05) is 19.7 Å². The number of alkyl carbamates (subject to hydrolysis) is 1. The summed E-state index contributed by atoms with van der Waals surface area (Å²) in [4.78, 5) is 36.0. The van der Waals surface area contributed by atoms with Crippen molar-refractivity contribution in [3.8, 4) is 0 Å². The first-order valence-corrected chi connectivity index (χ1v) is 7.74. The van der Waals surface area contributed by atoms with Crippen molar-refractivity contribution >= 4 is 18.0 Å². The Hall–Kier alpha value is -1.83. The monoisotopic (exact) mass is 330 g/mol. The molecule has 0 aromatic heterocycles. The number of carbonyl (C=O) groups excluding carboxylic acids is 2. The van der Waals surface area contributed by atoms with Crippen molar-refractivity contribution in [1.29, 1.82) is 0 Å². The van der Waals surface area contributed by atoms with Crippen molar-refractivity contribution in [2.24, 2.45) is 5.92 Å². The van der Waals surface area contributed by atoms with Crippen LogP contribution in [-0.2, 0) is 14.3 Å². The van der Waals surface area contributed by atoms with Gasteiger partial charge in [-0.2, -0.15) is 0 Å². The van der Waals surface area contributed by atoms with Gasteiger partial charge in [0, 0.05) is 32.0 Å². The van der Waals surface area contributed by atoms with Gasteiger partial charge in [-0.1, -0.05) is 0 Å². The molecule has 132 valence electrons. The van der Waals surface area contributed by atoms with E-state index in [4.69, 9.17) is 9.84 Å². The van der Waals surface area contributed by atoms with Gasteiger partial charge in [-0.15, -0.1) is 0 Å². The van der Waals surface area contributed by atoms with Crippen LogP contribution in [0.15, 0.2) is 0 Å². The van der Waals surface area contributed by atoms with Crippen molar-refractivity contribution in [3.05, 3.63) is 0 Å². The number of ether oxygens (including phenoxy) is 1. The molecule has 0 aromatic carbocycles. The highest BCUT2D eigenvalue weighted by Crippen LogP contribution is 2.22. The van der Waals surface area contributed by atoms with Crippen LogP contribution in [0.5, 0.6) is 0 Å². The Balaban J connectivity index is 2.42. The summed E-state index contributed by atoms with van der Waals surface area (Å²) in [5.41, 5.74) is -0.588. The number of nitrogens with zero attached hydrogens (tertiary/aromatic N) is 1. The highest BCUT2D eigenvalue weighted by Gasteiger charge is 2.37. The Labute approximate surface area is 135 Å². The predicted octanol–water partition coefficient (Wildman–Crippen LogP) is 0.585. The minimum Gasteiger partial charge on any atom is -0.480 e. The molecule has 0 saturated carbocycles. The topological polar surface area (TPSA) is 116 Å². The number of carbonyl (C=O) groups is 3. The number of amides is 2. The third kappa shape index (κ3) is 6.43. The number of hydrogen-bond donors (Lipinski definition) is 3. The summed E-state index contributed by atoms with van der Waals surface area (Å²) >= 11 is 0. The molecule has 0 radical (unpaired) electrons. The first kappa shape index (κ1) is 19.2. The molecule has 23 heavy (non-hydrogen) atoms. The Morgan fingerprint density at radius 2 is 2.09 bits per heavy atom. The summed E-state index contributed by atoms with van der Waals surface area (Å²) in [6.07, 6.45) is 0.261. The maximum Gasteiger partial charge on any atom is 0.407 e. The molecule has 1 aliphatic heterocycles. The number of likely N-dealkylation sites (tertiary alicyclic amines) is 1. The van der Waals surface area contributed by atoms with Crippen molar-refractivity contribution in [1.82, 2.24) is 10.2 Å². The van der Waals surface area contributed by atoms with Crippen LogP contribution in [0.4, 0.5) is 4.79 Å². The molecule has 1 aliphatic rings. The Morgan fingerprint density at radius 1 is 1.43 bits per heavy atom. The lowest BCUT2D eigenvalue weighted by atomic mass is 10.1. The Bertz CT molecular complexity index is 446. The van der Waals surface area contributed by atoms with Gasteiger partial charge in [0.1, 0.15) is 11.6 Å².